The lowest BCUT2D eigenvalue weighted by Gasteiger charge is -2.42. The van der Waals surface area contributed by atoms with Crippen molar-refractivity contribution in [3.63, 3.8) is 0 Å². The van der Waals surface area contributed by atoms with Gasteiger partial charge in [0.25, 0.3) is 0 Å². The number of hydrogen-bond acceptors (Lipinski definition) is 3. The molecule has 2 aliphatic rings. The van der Waals surface area contributed by atoms with Gasteiger partial charge in [-0.05, 0) is 24.4 Å². The van der Waals surface area contributed by atoms with Crippen molar-refractivity contribution in [2.45, 2.75) is 38.0 Å². The molecule has 3 rings (SSSR count). The lowest BCUT2D eigenvalue weighted by atomic mass is 10.1. The maximum atomic E-state index is 8.60. The summed E-state index contributed by atoms with van der Waals surface area (Å²) in [5, 5.41) is 3.91. The predicted octanol–water partition coefficient (Wildman–Crippen LogP) is 2.64. The summed E-state index contributed by atoms with van der Waals surface area (Å²) in [6.07, 6.45) is 1.000. The minimum Gasteiger partial charge on any atom is -0.296 e. The van der Waals surface area contributed by atoms with E-state index in [4.69, 9.17) is 5.53 Å². The van der Waals surface area contributed by atoms with Crippen LogP contribution in [0.25, 0.3) is 10.4 Å². The fourth-order valence-electron chi connectivity index (χ4n) is 3.61. The van der Waals surface area contributed by atoms with E-state index in [0.29, 0.717) is 12.1 Å². The molecule has 2 heterocycles. The van der Waals surface area contributed by atoms with Gasteiger partial charge in [-0.15, -0.1) is 0 Å². The van der Waals surface area contributed by atoms with E-state index in [1.165, 1.54) is 5.56 Å². The summed E-state index contributed by atoms with van der Waals surface area (Å²) in [6, 6.07) is 11.9. The summed E-state index contributed by atoms with van der Waals surface area (Å²) in [7, 11) is 0. The molecule has 1 aromatic carbocycles. The van der Waals surface area contributed by atoms with Crippen molar-refractivity contribution in [3.05, 3.63) is 46.3 Å². The van der Waals surface area contributed by atoms with Crippen LogP contribution in [0.4, 0.5) is 0 Å². The second kappa shape index (κ2) is 5.83. The molecule has 2 aliphatic heterocycles. The highest BCUT2D eigenvalue weighted by atomic mass is 15.3. The Balaban J connectivity index is 1.65. The lowest BCUT2D eigenvalue weighted by molar-refractivity contribution is 0.0544. The van der Waals surface area contributed by atoms with Gasteiger partial charge in [0.2, 0.25) is 0 Å². The van der Waals surface area contributed by atoms with E-state index in [-0.39, 0.29) is 6.04 Å². The zero-order chi connectivity index (χ0) is 13.9. The Morgan fingerprint density at radius 2 is 2.05 bits per heavy atom. The van der Waals surface area contributed by atoms with Crippen LogP contribution in [-0.2, 0) is 6.54 Å². The third kappa shape index (κ3) is 2.80. The number of nitrogens with zero attached hydrogens (tertiary/aromatic N) is 5. The molecule has 1 aromatic rings. The maximum absolute atomic E-state index is 8.60. The smallest absolute Gasteiger partial charge is 0.0516 e. The van der Waals surface area contributed by atoms with Gasteiger partial charge in [0.15, 0.2) is 0 Å². The highest BCUT2D eigenvalue weighted by Gasteiger charge is 2.39. The van der Waals surface area contributed by atoms with E-state index in [1.54, 1.807) is 0 Å². The second-order valence-corrected chi connectivity index (χ2v) is 5.97. The van der Waals surface area contributed by atoms with Crippen LogP contribution in [0.2, 0.25) is 0 Å². The maximum Gasteiger partial charge on any atom is 0.0516 e. The first-order valence-electron chi connectivity index (χ1n) is 7.32. The molecule has 0 radical (unpaired) electrons. The number of hydrogen-bond donors (Lipinski definition) is 0. The van der Waals surface area contributed by atoms with Crippen molar-refractivity contribution >= 4 is 0 Å². The van der Waals surface area contributed by atoms with Crippen molar-refractivity contribution in [2.75, 3.05) is 19.6 Å². The molecule has 0 spiro atoms. The third-order valence-electron chi connectivity index (χ3n) is 4.46. The van der Waals surface area contributed by atoms with Crippen molar-refractivity contribution in [1.82, 2.24) is 9.80 Å². The predicted molar refractivity (Wildman–Crippen MR) is 79.2 cm³/mol. The average molecular weight is 271 g/mol. The zero-order valence-corrected chi connectivity index (χ0v) is 11.9. The molecule has 0 N–H and O–H groups in total. The van der Waals surface area contributed by atoms with E-state index in [9.17, 15) is 0 Å². The van der Waals surface area contributed by atoms with Gasteiger partial charge in [-0.25, -0.2) is 0 Å². The molecule has 0 amide bonds. The van der Waals surface area contributed by atoms with Gasteiger partial charge in [0, 0.05) is 43.2 Å². The topological polar surface area (TPSA) is 55.2 Å². The quantitative estimate of drug-likeness (QED) is 0.482. The van der Waals surface area contributed by atoms with E-state index >= 15 is 0 Å². The monoisotopic (exact) mass is 271 g/mol. The van der Waals surface area contributed by atoms with Crippen molar-refractivity contribution in [2.24, 2.45) is 5.11 Å². The molecule has 0 aliphatic carbocycles. The molecule has 0 saturated carbocycles. The fourth-order valence-corrected chi connectivity index (χ4v) is 3.61. The van der Waals surface area contributed by atoms with Crippen LogP contribution in [0.1, 0.15) is 18.9 Å². The van der Waals surface area contributed by atoms with Gasteiger partial charge < -0.3 is 0 Å². The first-order valence-corrected chi connectivity index (χ1v) is 7.32. The Kier molecular flexibility index (Phi) is 3.92. The zero-order valence-electron chi connectivity index (χ0n) is 11.9. The first-order chi connectivity index (χ1) is 9.76. The van der Waals surface area contributed by atoms with Crippen LogP contribution in [0, 0.1) is 0 Å². The summed E-state index contributed by atoms with van der Waals surface area (Å²) in [4.78, 5) is 8.01. The van der Waals surface area contributed by atoms with Gasteiger partial charge in [-0.3, -0.25) is 9.80 Å². The molecule has 3 atom stereocenters. The molecular formula is C15H21N5. The highest BCUT2D eigenvalue weighted by Crippen LogP contribution is 2.28. The van der Waals surface area contributed by atoms with E-state index < -0.39 is 0 Å². The van der Waals surface area contributed by atoms with Gasteiger partial charge >= 0.3 is 0 Å². The first kappa shape index (κ1) is 13.4. The van der Waals surface area contributed by atoms with Crippen LogP contribution in [-0.4, -0.2) is 47.6 Å². The van der Waals surface area contributed by atoms with Gasteiger partial charge in [0.05, 0.1) is 6.04 Å². The highest BCUT2D eigenvalue weighted by molar-refractivity contribution is 5.15. The summed E-state index contributed by atoms with van der Waals surface area (Å²) < 4.78 is 0. The Morgan fingerprint density at radius 1 is 1.25 bits per heavy atom. The Labute approximate surface area is 119 Å². The summed E-state index contributed by atoms with van der Waals surface area (Å²) in [6.45, 7) is 6.39. The molecule has 0 bridgehead atoms. The number of rotatable bonds is 3. The largest absolute Gasteiger partial charge is 0.296 e. The summed E-state index contributed by atoms with van der Waals surface area (Å²) in [5.74, 6) is 0. The molecule has 5 nitrogen and oxygen atoms in total. The molecule has 20 heavy (non-hydrogen) atoms. The lowest BCUT2D eigenvalue weighted by Crippen LogP contribution is -2.54. The molecule has 2 fully saturated rings. The SMILES string of the molecule is C[C@@H]1CN(Cc2ccccc2)C[C@@H]2CC(N=[N+]=[N-])CN21. The van der Waals surface area contributed by atoms with Crippen LogP contribution >= 0.6 is 0 Å². The normalized spacial score (nSPS) is 30.8. The molecule has 5 heteroatoms. The van der Waals surface area contributed by atoms with Gasteiger partial charge in [-0.2, -0.15) is 0 Å². The minimum absolute atomic E-state index is 0.157. The Morgan fingerprint density at radius 3 is 2.80 bits per heavy atom. The Bertz CT molecular complexity index is 496. The average Bonchev–Trinajstić information content (AvgIpc) is 2.83. The standard InChI is InChI=1S/C15H21N5/c1-12-8-19(9-13-5-3-2-4-6-13)11-15-7-14(17-18-16)10-20(12)15/h2-6,12,14-15H,7-11H2,1H3/t12-,14?,15+/m1/s1. The molecule has 2 saturated heterocycles. The number of benzene rings is 1. The molecule has 1 unspecified atom stereocenters. The number of azide groups is 1. The number of fused-ring (bicyclic) bond motifs is 1. The summed E-state index contributed by atoms with van der Waals surface area (Å²) in [5.41, 5.74) is 9.98. The van der Waals surface area contributed by atoms with Crippen molar-refractivity contribution < 1.29 is 0 Å². The molecule has 106 valence electrons. The summed E-state index contributed by atoms with van der Waals surface area (Å²) >= 11 is 0. The minimum atomic E-state index is 0.157. The van der Waals surface area contributed by atoms with Crippen molar-refractivity contribution in [1.29, 1.82) is 0 Å². The van der Waals surface area contributed by atoms with Crippen LogP contribution in [0.15, 0.2) is 35.4 Å². The second-order valence-electron chi connectivity index (χ2n) is 5.97. The molecular weight excluding hydrogens is 250 g/mol. The van der Waals surface area contributed by atoms with Crippen molar-refractivity contribution in [3.8, 4) is 0 Å². The van der Waals surface area contributed by atoms with Crippen LogP contribution in [0.5, 0.6) is 0 Å². The van der Waals surface area contributed by atoms with Gasteiger partial charge in [0.1, 0.15) is 0 Å². The van der Waals surface area contributed by atoms with Gasteiger partial charge in [-0.1, -0.05) is 35.4 Å². The fraction of sp³-hybridized carbons (Fsp3) is 0.600. The van der Waals surface area contributed by atoms with E-state index in [1.807, 2.05) is 0 Å². The van der Waals surface area contributed by atoms with Crippen LogP contribution < -0.4 is 0 Å². The number of piperazine rings is 1. The van der Waals surface area contributed by atoms with Crippen LogP contribution in [0.3, 0.4) is 0 Å². The molecule has 0 aromatic heterocycles. The van der Waals surface area contributed by atoms with E-state index in [2.05, 4.69) is 57.1 Å². The third-order valence-corrected chi connectivity index (χ3v) is 4.46. The van der Waals surface area contributed by atoms with E-state index in [0.717, 1.165) is 32.6 Å². The Hall–Kier alpha value is -1.55.